The monoisotopic (exact) mass is 243 g/mol. The molecule has 94 valence electrons. The Morgan fingerprint density at radius 2 is 2.17 bits per heavy atom. The number of aromatic nitrogens is 2. The van der Waals surface area contributed by atoms with E-state index in [9.17, 15) is 0 Å². The van der Waals surface area contributed by atoms with Crippen LogP contribution in [0.2, 0.25) is 0 Å². The lowest BCUT2D eigenvalue weighted by atomic mass is 10.2. The van der Waals surface area contributed by atoms with Gasteiger partial charge in [0.1, 0.15) is 5.75 Å². The molecule has 2 aromatic rings. The quantitative estimate of drug-likeness (QED) is 0.840. The Labute approximate surface area is 107 Å². The first-order chi connectivity index (χ1) is 8.88. The molecule has 0 saturated carbocycles. The van der Waals surface area contributed by atoms with Crippen molar-refractivity contribution in [3.05, 3.63) is 54.1 Å². The van der Waals surface area contributed by atoms with Gasteiger partial charge in [-0.05, 0) is 30.8 Å². The van der Waals surface area contributed by atoms with Gasteiger partial charge in [-0.3, -0.25) is 9.97 Å². The van der Waals surface area contributed by atoms with Crippen molar-refractivity contribution in [2.75, 3.05) is 13.7 Å². The molecule has 0 atom stereocenters. The van der Waals surface area contributed by atoms with E-state index >= 15 is 0 Å². The lowest BCUT2D eigenvalue weighted by Gasteiger charge is -2.06. The highest BCUT2D eigenvalue weighted by Crippen LogP contribution is 2.09. The molecule has 2 heterocycles. The number of pyridine rings is 2. The summed E-state index contributed by atoms with van der Waals surface area (Å²) in [5, 5.41) is 3.06. The van der Waals surface area contributed by atoms with Crippen molar-refractivity contribution < 1.29 is 4.74 Å². The fraction of sp³-hybridized carbons (Fsp3) is 0.286. The normalized spacial score (nSPS) is 10.3. The van der Waals surface area contributed by atoms with Crippen LogP contribution in [0.1, 0.15) is 11.3 Å². The minimum absolute atomic E-state index is 0.638. The van der Waals surface area contributed by atoms with Crippen molar-refractivity contribution in [3.8, 4) is 5.75 Å². The fourth-order valence-electron chi connectivity index (χ4n) is 1.61. The number of hydrogen-bond acceptors (Lipinski definition) is 4. The Morgan fingerprint density at radius 3 is 2.83 bits per heavy atom. The molecule has 4 heteroatoms. The molecule has 0 bridgehead atoms. The van der Waals surface area contributed by atoms with Crippen LogP contribution in [0.15, 0.2) is 42.9 Å². The molecule has 0 amide bonds. The van der Waals surface area contributed by atoms with Gasteiger partial charge in [0.2, 0.25) is 0 Å². The smallest absolute Gasteiger partial charge is 0.137 e. The summed E-state index contributed by atoms with van der Waals surface area (Å²) in [6.07, 6.45) is 6.24. The van der Waals surface area contributed by atoms with Crippen molar-refractivity contribution in [1.29, 1.82) is 0 Å². The molecular formula is C14H17N3O. The summed E-state index contributed by atoms with van der Waals surface area (Å²) in [4.78, 5) is 8.36. The van der Waals surface area contributed by atoms with Gasteiger partial charge in [0.05, 0.1) is 18.5 Å². The van der Waals surface area contributed by atoms with Crippen LogP contribution in [0.3, 0.4) is 0 Å². The second-order valence-corrected chi connectivity index (χ2v) is 3.98. The number of rotatable bonds is 6. The number of ether oxygens (including phenoxy) is 1. The SMILES string of the molecule is CNCc1ccc(OCCc2cccnc2)cn1. The third-order valence-corrected chi connectivity index (χ3v) is 2.54. The average Bonchev–Trinajstić information content (AvgIpc) is 2.42. The van der Waals surface area contributed by atoms with Gasteiger partial charge in [0.25, 0.3) is 0 Å². The molecule has 4 nitrogen and oxygen atoms in total. The van der Waals surface area contributed by atoms with E-state index in [1.54, 1.807) is 12.4 Å². The van der Waals surface area contributed by atoms with Crippen molar-refractivity contribution >= 4 is 0 Å². The summed E-state index contributed by atoms with van der Waals surface area (Å²) in [5.74, 6) is 0.804. The Kier molecular flexibility index (Phi) is 4.67. The van der Waals surface area contributed by atoms with Crippen LogP contribution in [-0.2, 0) is 13.0 Å². The highest BCUT2D eigenvalue weighted by Gasteiger charge is 1.97. The fourth-order valence-corrected chi connectivity index (χ4v) is 1.61. The zero-order valence-corrected chi connectivity index (χ0v) is 10.5. The van der Waals surface area contributed by atoms with E-state index in [0.29, 0.717) is 6.61 Å². The number of hydrogen-bond donors (Lipinski definition) is 1. The van der Waals surface area contributed by atoms with Crippen LogP contribution in [0.4, 0.5) is 0 Å². The molecule has 0 spiro atoms. The van der Waals surface area contributed by atoms with Gasteiger partial charge in [-0.25, -0.2) is 0 Å². The van der Waals surface area contributed by atoms with Gasteiger partial charge in [-0.15, -0.1) is 0 Å². The van der Waals surface area contributed by atoms with E-state index in [2.05, 4.69) is 15.3 Å². The summed E-state index contributed by atoms with van der Waals surface area (Å²) in [5.41, 5.74) is 2.19. The third kappa shape index (κ3) is 3.82. The topological polar surface area (TPSA) is 47.0 Å². The van der Waals surface area contributed by atoms with Gasteiger partial charge in [0, 0.05) is 25.4 Å². The van der Waals surface area contributed by atoms with Crippen LogP contribution in [0, 0.1) is 0 Å². The molecule has 18 heavy (non-hydrogen) atoms. The van der Waals surface area contributed by atoms with Crippen LogP contribution in [0.25, 0.3) is 0 Å². The Hall–Kier alpha value is -1.94. The maximum absolute atomic E-state index is 5.63. The Morgan fingerprint density at radius 1 is 1.22 bits per heavy atom. The second kappa shape index (κ2) is 6.71. The number of nitrogens with one attached hydrogen (secondary N) is 1. The first kappa shape index (κ1) is 12.5. The zero-order chi connectivity index (χ0) is 12.6. The van der Waals surface area contributed by atoms with Crippen molar-refractivity contribution in [1.82, 2.24) is 15.3 Å². The molecule has 0 fully saturated rings. The van der Waals surface area contributed by atoms with Crippen molar-refractivity contribution in [2.45, 2.75) is 13.0 Å². The predicted molar refractivity (Wildman–Crippen MR) is 70.4 cm³/mol. The van der Waals surface area contributed by atoms with Crippen LogP contribution in [0.5, 0.6) is 5.75 Å². The lowest BCUT2D eigenvalue weighted by molar-refractivity contribution is 0.320. The molecule has 0 aliphatic heterocycles. The molecule has 2 aromatic heterocycles. The summed E-state index contributed by atoms with van der Waals surface area (Å²) in [6, 6.07) is 7.90. The highest BCUT2D eigenvalue weighted by molar-refractivity contribution is 5.20. The maximum atomic E-state index is 5.63. The molecule has 2 rings (SSSR count). The minimum Gasteiger partial charge on any atom is -0.492 e. The molecule has 1 N–H and O–H groups in total. The van der Waals surface area contributed by atoms with Gasteiger partial charge < -0.3 is 10.1 Å². The zero-order valence-electron chi connectivity index (χ0n) is 10.5. The van der Waals surface area contributed by atoms with Crippen LogP contribution < -0.4 is 10.1 Å². The largest absolute Gasteiger partial charge is 0.492 e. The van der Waals surface area contributed by atoms with Crippen LogP contribution in [-0.4, -0.2) is 23.6 Å². The molecule has 0 aliphatic rings. The van der Waals surface area contributed by atoms with Crippen molar-refractivity contribution in [2.24, 2.45) is 0 Å². The maximum Gasteiger partial charge on any atom is 0.137 e. The van der Waals surface area contributed by atoms with Gasteiger partial charge in [-0.2, -0.15) is 0 Å². The van der Waals surface area contributed by atoms with E-state index in [1.165, 1.54) is 5.56 Å². The second-order valence-electron chi connectivity index (χ2n) is 3.98. The molecule has 0 radical (unpaired) electrons. The van der Waals surface area contributed by atoms with E-state index in [-0.39, 0.29) is 0 Å². The van der Waals surface area contributed by atoms with Gasteiger partial charge in [-0.1, -0.05) is 6.07 Å². The predicted octanol–water partition coefficient (Wildman–Crippen LogP) is 1.82. The lowest BCUT2D eigenvalue weighted by Crippen LogP contribution is -2.07. The average molecular weight is 243 g/mol. The molecular weight excluding hydrogens is 226 g/mol. The summed E-state index contributed by atoms with van der Waals surface area (Å²) >= 11 is 0. The molecule has 0 aliphatic carbocycles. The first-order valence-corrected chi connectivity index (χ1v) is 6.00. The molecule has 0 saturated heterocycles. The van der Waals surface area contributed by atoms with E-state index < -0.39 is 0 Å². The molecule has 0 unspecified atom stereocenters. The van der Waals surface area contributed by atoms with Gasteiger partial charge >= 0.3 is 0 Å². The summed E-state index contributed by atoms with van der Waals surface area (Å²) in [7, 11) is 1.90. The summed E-state index contributed by atoms with van der Waals surface area (Å²) < 4.78 is 5.63. The van der Waals surface area contributed by atoms with Crippen molar-refractivity contribution in [3.63, 3.8) is 0 Å². The molecule has 0 aromatic carbocycles. The standard InChI is InChI=1S/C14H17N3O/c1-15-10-13-4-5-14(11-17-13)18-8-6-12-3-2-7-16-9-12/h2-5,7,9,11,15H,6,8,10H2,1H3. The Balaban J connectivity index is 1.80. The van der Waals surface area contributed by atoms with Crippen LogP contribution >= 0.6 is 0 Å². The highest BCUT2D eigenvalue weighted by atomic mass is 16.5. The first-order valence-electron chi connectivity index (χ1n) is 6.00. The Bertz CT molecular complexity index is 456. The minimum atomic E-state index is 0.638. The van der Waals surface area contributed by atoms with E-state index in [1.807, 2.05) is 37.5 Å². The number of nitrogens with zero attached hydrogens (tertiary/aromatic N) is 2. The summed E-state index contributed by atoms with van der Waals surface area (Å²) in [6.45, 7) is 1.41. The third-order valence-electron chi connectivity index (χ3n) is 2.54. The van der Waals surface area contributed by atoms with E-state index in [4.69, 9.17) is 4.74 Å². The van der Waals surface area contributed by atoms with E-state index in [0.717, 1.165) is 24.4 Å². The van der Waals surface area contributed by atoms with Gasteiger partial charge in [0.15, 0.2) is 0 Å².